The third-order valence-corrected chi connectivity index (χ3v) is 2.67. The summed E-state index contributed by atoms with van der Waals surface area (Å²) in [7, 11) is 0. The summed E-state index contributed by atoms with van der Waals surface area (Å²) in [5, 5.41) is 3.36. The van der Waals surface area contributed by atoms with Crippen molar-refractivity contribution in [3.8, 4) is 0 Å². The van der Waals surface area contributed by atoms with Gasteiger partial charge in [0.25, 0.3) is 0 Å². The normalized spacial score (nSPS) is 20.7. The van der Waals surface area contributed by atoms with E-state index in [2.05, 4.69) is 10.3 Å². The molecule has 1 atom stereocenters. The summed E-state index contributed by atoms with van der Waals surface area (Å²) in [4.78, 5) is 4.22. The predicted molar refractivity (Wildman–Crippen MR) is 59.3 cm³/mol. The van der Waals surface area contributed by atoms with Crippen molar-refractivity contribution in [2.45, 2.75) is 13.0 Å². The highest BCUT2D eigenvalue weighted by Gasteiger charge is 2.14. The number of hydrogen-bond acceptors (Lipinski definition) is 4. The molecule has 82 valence electrons. The van der Waals surface area contributed by atoms with Gasteiger partial charge in [0.1, 0.15) is 0 Å². The van der Waals surface area contributed by atoms with Crippen LogP contribution in [0, 0.1) is 5.92 Å². The molecule has 1 saturated heterocycles. The molecule has 1 aromatic heterocycles. The summed E-state index contributed by atoms with van der Waals surface area (Å²) in [6.07, 6.45) is 2.93. The minimum Gasteiger partial charge on any atom is -0.397 e. The van der Waals surface area contributed by atoms with Gasteiger partial charge in [-0.05, 0) is 24.5 Å². The van der Waals surface area contributed by atoms with Crippen molar-refractivity contribution in [2.24, 2.45) is 5.92 Å². The smallest absolute Gasteiger partial charge is 0.0770 e. The molecule has 1 unspecified atom stereocenters. The highest BCUT2D eigenvalue weighted by atomic mass is 16.5. The van der Waals surface area contributed by atoms with Gasteiger partial charge in [0, 0.05) is 25.9 Å². The van der Waals surface area contributed by atoms with E-state index in [1.54, 1.807) is 6.20 Å². The van der Waals surface area contributed by atoms with Crippen molar-refractivity contribution in [1.29, 1.82) is 0 Å². The summed E-state index contributed by atoms with van der Waals surface area (Å²) in [5.74, 6) is 0.648. The second-order valence-electron chi connectivity index (χ2n) is 3.90. The molecule has 15 heavy (non-hydrogen) atoms. The Balaban J connectivity index is 1.75. The number of ether oxygens (including phenoxy) is 1. The van der Waals surface area contributed by atoms with Gasteiger partial charge in [-0.3, -0.25) is 4.98 Å². The van der Waals surface area contributed by atoms with E-state index in [9.17, 15) is 0 Å². The highest BCUT2D eigenvalue weighted by Crippen LogP contribution is 2.11. The van der Waals surface area contributed by atoms with Crippen LogP contribution in [0.3, 0.4) is 0 Å². The molecule has 0 aromatic carbocycles. The fraction of sp³-hybridized carbons (Fsp3) is 0.545. The quantitative estimate of drug-likeness (QED) is 0.766. The summed E-state index contributed by atoms with van der Waals surface area (Å²) < 4.78 is 5.30. The molecule has 0 spiro atoms. The van der Waals surface area contributed by atoms with E-state index in [1.165, 1.54) is 0 Å². The first-order chi connectivity index (χ1) is 7.36. The first kappa shape index (κ1) is 10.4. The van der Waals surface area contributed by atoms with E-state index in [0.29, 0.717) is 5.92 Å². The van der Waals surface area contributed by atoms with Crippen molar-refractivity contribution in [2.75, 3.05) is 25.5 Å². The summed E-state index contributed by atoms with van der Waals surface area (Å²) >= 11 is 0. The molecule has 1 aliphatic heterocycles. The van der Waals surface area contributed by atoms with Gasteiger partial charge in [0.15, 0.2) is 0 Å². The second-order valence-corrected chi connectivity index (χ2v) is 3.90. The number of nitrogens with one attached hydrogen (secondary N) is 1. The third kappa shape index (κ3) is 2.91. The van der Waals surface area contributed by atoms with Gasteiger partial charge in [0.05, 0.1) is 18.0 Å². The molecular weight excluding hydrogens is 190 g/mol. The molecule has 2 heterocycles. The number of hydrogen-bond donors (Lipinski definition) is 2. The van der Waals surface area contributed by atoms with E-state index in [1.807, 2.05) is 12.1 Å². The molecule has 0 saturated carbocycles. The maximum atomic E-state index is 5.79. The van der Waals surface area contributed by atoms with Crippen LogP contribution in [-0.2, 0) is 11.3 Å². The summed E-state index contributed by atoms with van der Waals surface area (Å²) in [6.45, 7) is 3.50. The van der Waals surface area contributed by atoms with Crippen LogP contribution < -0.4 is 11.1 Å². The van der Waals surface area contributed by atoms with E-state index in [-0.39, 0.29) is 0 Å². The van der Waals surface area contributed by atoms with Crippen molar-refractivity contribution in [1.82, 2.24) is 10.3 Å². The van der Waals surface area contributed by atoms with Crippen molar-refractivity contribution < 1.29 is 4.74 Å². The van der Waals surface area contributed by atoms with Gasteiger partial charge in [0.2, 0.25) is 0 Å². The van der Waals surface area contributed by atoms with Crippen molar-refractivity contribution >= 4 is 5.69 Å². The van der Waals surface area contributed by atoms with Crippen LogP contribution in [0.15, 0.2) is 18.3 Å². The lowest BCUT2D eigenvalue weighted by Crippen LogP contribution is -2.23. The van der Waals surface area contributed by atoms with Gasteiger partial charge in [-0.1, -0.05) is 0 Å². The van der Waals surface area contributed by atoms with Crippen LogP contribution in [-0.4, -0.2) is 24.7 Å². The molecule has 1 aromatic rings. The highest BCUT2D eigenvalue weighted by molar-refractivity contribution is 5.41. The first-order valence-corrected chi connectivity index (χ1v) is 5.34. The molecule has 1 fully saturated rings. The Morgan fingerprint density at radius 3 is 3.27 bits per heavy atom. The largest absolute Gasteiger partial charge is 0.397 e. The van der Waals surface area contributed by atoms with Crippen LogP contribution in [0.2, 0.25) is 0 Å². The van der Waals surface area contributed by atoms with E-state index in [4.69, 9.17) is 10.5 Å². The van der Waals surface area contributed by atoms with E-state index < -0.39 is 0 Å². The number of nitrogens with zero attached hydrogens (tertiary/aromatic N) is 1. The van der Waals surface area contributed by atoms with Gasteiger partial charge in [-0.25, -0.2) is 0 Å². The standard InChI is InChI=1S/C11H17N3O/c12-10-2-1-4-14-11(10)7-13-6-9-3-5-15-8-9/h1-2,4,9,13H,3,5-8,12H2. The van der Waals surface area contributed by atoms with Crippen LogP contribution in [0.5, 0.6) is 0 Å². The zero-order valence-electron chi connectivity index (χ0n) is 8.78. The summed E-state index contributed by atoms with van der Waals surface area (Å²) in [5.41, 5.74) is 7.47. The Morgan fingerprint density at radius 1 is 1.60 bits per heavy atom. The van der Waals surface area contributed by atoms with E-state index >= 15 is 0 Å². The average Bonchev–Trinajstić information content (AvgIpc) is 2.74. The van der Waals surface area contributed by atoms with Gasteiger partial charge in [-0.15, -0.1) is 0 Å². The fourth-order valence-corrected chi connectivity index (χ4v) is 1.74. The predicted octanol–water partition coefficient (Wildman–Crippen LogP) is 0.790. The van der Waals surface area contributed by atoms with Crippen LogP contribution in [0.25, 0.3) is 0 Å². The Hall–Kier alpha value is -1.13. The lowest BCUT2D eigenvalue weighted by Gasteiger charge is -2.09. The maximum absolute atomic E-state index is 5.79. The molecule has 1 aliphatic rings. The number of aromatic nitrogens is 1. The molecule has 3 N–H and O–H groups in total. The molecular formula is C11H17N3O. The van der Waals surface area contributed by atoms with Crippen molar-refractivity contribution in [3.05, 3.63) is 24.0 Å². The summed E-state index contributed by atoms with van der Waals surface area (Å²) in [6, 6.07) is 3.73. The van der Waals surface area contributed by atoms with Crippen molar-refractivity contribution in [3.63, 3.8) is 0 Å². The molecule has 0 radical (unpaired) electrons. The van der Waals surface area contributed by atoms with Crippen LogP contribution in [0.4, 0.5) is 5.69 Å². The molecule has 0 amide bonds. The van der Waals surface area contributed by atoms with Gasteiger partial charge in [-0.2, -0.15) is 0 Å². The lowest BCUT2D eigenvalue weighted by molar-refractivity contribution is 0.185. The number of anilines is 1. The third-order valence-electron chi connectivity index (χ3n) is 2.67. The Labute approximate surface area is 89.8 Å². The average molecular weight is 207 g/mol. The second kappa shape index (κ2) is 5.09. The maximum Gasteiger partial charge on any atom is 0.0770 e. The van der Waals surface area contributed by atoms with Crippen LogP contribution in [0.1, 0.15) is 12.1 Å². The lowest BCUT2D eigenvalue weighted by atomic mass is 10.1. The molecule has 4 heteroatoms. The number of nitrogen functional groups attached to an aromatic ring is 1. The number of nitrogens with two attached hydrogens (primary N) is 1. The minimum atomic E-state index is 0.648. The Morgan fingerprint density at radius 2 is 2.53 bits per heavy atom. The Kier molecular flexibility index (Phi) is 3.53. The number of rotatable bonds is 4. The zero-order chi connectivity index (χ0) is 10.5. The topological polar surface area (TPSA) is 60.2 Å². The Bertz CT molecular complexity index is 310. The van der Waals surface area contributed by atoms with Crippen LogP contribution >= 0.6 is 0 Å². The first-order valence-electron chi connectivity index (χ1n) is 5.34. The molecule has 2 rings (SSSR count). The molecule has 0 bridgehead atoms. The molecule has 4 nitrogen and oxygen atoms in total. The fourth-order valence-electron chi connectivity index (χ4n) is 1.74. The number of pyridine rings is 1. The van der Waals surface area contributed by atoms with Gasteiger partial charge < -0.3 is 15.8 Å². The SMILES string of the molecule is Nc1cccnc1CNCC1CCOC1. The zero-order valence-corrected chi connectivity index (χ0v) is 8.78. The minimum absolute atomic E-state index is 0.648. The monoisotopic (exact) mass is 207 g/mol. The van der Waals surface area contributed by atoms with Gasteiger partial charge >= 0.3 is 0 Å². The van der Waals surface area contributed by atoms with E-state index in [0.717, 1.165) is 44.1 Å². The molecule has 0 aliphatic carbocycles.